The van der Waals surface area contributed by atoms with Crippen molar-refractivity contribution in [2.24, 2.45) is 22.2 Å². The molecule has 0 aromatic rings. The first-order chi connectivity index (χ1) is 19.3. The molecule has 0 saturated heterocycles. The zero-order valence-corrected chi connectivity index (χ0v) is 30.8. The summed E-state index contributed by atoms with van der Waals surface area (Å²) in [6.07, 6.45) is 4.61. The average Bonchev–Trinajstić information content (AvgIpc) is 2.91. The lowest BCUT2D eigenvalue weighted by Crippen LogP contribution is -2.55. The van der Waals surface area contributed by atoms with Crippen molar-refractivity contribution in [1.29, 1.82) is 0 Å². The molecule has 252 valence electrons. The summed E-state index contributed by atoms with van der Waals surface area (Å²) < 4.78 is 12.4. The smallest absolute Gasteiger partial charge is 0.226 e. The highest BCUT2D eigenvalue weighted by Gasteiger charge is 2.49. The molecular formula is C36H67NO6. The molecule has 0 heterocycles. The number of nitrogens with one attached hydrogen (secondary N) is 1. The fourth-order valence-corrected chi connectivity index (χ4v) is 6.03. The van der Waals surface area contributed by atoms with E-state index in [1.165, 1.54) is 0 Å². The monoisotopic (exact) mass is 609 g/mol. The van der Waals surface area contributed by atoms with E-state index in [2.05, 4.69) is 12.2 Å². The third-order valence-electron chi connectivity index (χ3n) is 10.1. The van der Waals surface area contributed by atoms with Gasteiger partial charge >= 0.3 is 0 Å². The van der Waals surface area contributed by atoms with E-state index in [1.54, 1.807) is 20.8 Å². The van der Waals surface area contributed by atoms with Crippen LogP contribution in [0.4, 0.5) is 0 Å². The van der Waals surface area contributed by atoms with Crippen molar-refractivity contribution in [2.45, 2.75) is 179 Å². The Bertz CT molecular complexity index is 965. The summed E-state index contributed by atoms with van der Waals surface area (Å²) in [5.41, 5.74) is -5.04. The Hall–Kier alpha value is -1.60. The van der Waals surface area contributed by atoms with Gasteiger partial charge in [-0.25, -0.2) is 0 Å². The molecule has 0 aliphatic carbocycles. The van der Waals surface area contributed by atoms with Gasteiger partial charge in [0.05, 0.1) is 11.0 Å². The molecule has 0 radical (unpaired) electrons. The van der Waals surface area contributed by atoms with E-state index < -0.39 is 39.1 Å². The Morgan fingerprint density at radius 1 is 0.791 bits per heavy atom. The lowest BCUT2D eigenvalue weighted by Gasteiger charge is -2.44. The first-order valence-corrected chi connectivity index (χ1v) is 16.6. The largest absolute Gasteiger partial charge is 0.364 e. The van der Waals surface area contributed by atoms with E-state index in [-0.39, 0.29) is 35.8 Å². The van der Waals surface area contributed by atoms with Gasteiger partial charge in [-0.2, -0.15) is 0 Å². The molecule has 1 N–H and O–H groups in total. The molecule has 7 heteroatoms. The number of hydrogen-bond donors (Lipinski definition) is 1. The van der Waals surface area contributed by atoms with Gasteiger partial charge in [-0.05, 0) is 73.6 Å². The van der Waals surface area contributed by atoms with Crippen molar-refractivity contribution >= 4 is 23.3 Å². The maximum atomic E-state index is 13.9. The molecule has 1 amide bonds. The molecule has 4 atom stereocenters. The predicted molar refractivity (Wildman–Crippen MR) is 176 cm³/mol. The van der Waals surface area contributed by atoms with Crippen molar-refractivity contribution in [1.82, 2.24) is 5.32 Å². The number of ketones is 3. The molecule has 0 rings (SSSR count). The van der Waals surface area contributed by atoms with Crippen LogP contribution < -0.4 is 5.32 Å². The standard InChI is InChI=1S/C36H67NO6/c1-17-21-22-35(15,19-3)30(41)37-32(9,10)24-31(7,8)29(40)34(13,14)42-23-27(38)33(11,12)36(16,20-4)43-26(6)28(39)25(5)18-2/h25-26H,17-24H2,1-16H3,(H,37,41). The first kappa shape index (κ1) is 41.4. The second-order valence-electron chi connectivity index (χ2n) is 15.6. The Labute approximate surface area is 264 Å². The van der Waals surface area contributed by atoms with Gasteiger partial charge in [-0.1, -0.05) is 82.1 Å². The average molecular weight is 610 g/mol. The second-order valence-corrected chi connectivity index (χ2v) is 15.6. The number of carbonyl (C=O) groups excluding carboxylic acids is 4. The Kier molecular flexibility index (Phi) is 15.0. The van der Waals surface area contributed by atoms with Crippen molar-refractivity contribution < 1.29 is 28.7 Å². The molecule has 4 unspecified atom stereocenters. The molecular weight excluding hydrogens is 542 g/mol. The van der Waals surface area contributed by atoms with Gasteiger partial charge in [0.2, 0.25) is 5.91 Å². The zero-order valence-electron chi connectivity index (χ0n) is 30.8. The predicted octanol–water partition coefficient (Wildman–Crippen LogP) is 8.05. The van der Waals surface area contributed by atoms with Crippen LogP contribution in [-0.2, 0) is 28.7 Å². The Morgan fingerprint density at radius 2 is 1.33 bits per heavy atom. The lowest BCUT2D eigenvalue weighted by atomic mass is 9.70. The summed E-state index contributed by atoms with van der Waals surface area (Å²) in [6, 6.07) is 0. The van der Waals surface area contributed by atoms with Gasteiger partial charge in [-0.15, -0.1) is 0 Å². The molecule has 0 bridgehead atoms. The Morgan fingerprint density at radius 3 is 1.77 bits per heavy atom. The van der Waals surface area contributed by atoms with Crippen LogP contribution in [0.5, 0.6) is 0 Å². The van der Waals surface area contributed by atoms with E-state index in [1.807, 2.05) is 83.1 Å². The van der Waals surface area contributed by atoms with Gasteiger partial charge < -0.3 is 14.8 Å². The van der Waals surface area contributed by atoms with Crippen molar-refractivity contribution in [3.63, 3.8) is 0 Å². The summed E-state index contributed by atoms with van der Waals surface area (Å²) in [5, 5.41) is 3.22. The number of amides is 1. The number of Topliss-reactive ketones (excluding diaryl/α,β-unsaturated/α-hetero) is 3. The number of rotatable bonds is 21. The quantitative estimate of drug-likeness (QED) is 0.141. The maximum absolute atomic E-state index is 13.9. The summed E-state index contributed by atoms with van der Waals surface area (Å²) in [5.74, 6) is -0.419. The summed E-state index contributed by atoms with van der Waals surface area (Å²) in [4.78, 5) is 53.6. The van der Waals surface area contributed by atoms with E-state index in [0.717, 1.165) is 32.1 Å². The van der Waals surface area contributed by atoms with Crippen LogP contribution in [0.3, 0.4) is 0 Å². The molecule has 0 fully saturated rings. The minimum absolute atomic E-state index is 0.0152. The summed E-state index contributed by atoms with van der Waals surface area (Å²) in [7, 11) is 0. The van der Waals surface area contributed by atoms with Crippen molar-refractivity contribution in [3.8, 4) is 0 Å². The number of ether oxygens (including phenoxy) is 2. The van der Waals surface area contributed by atoms with Gasteiger partial charge in [0, 0.05) is 22.3 Å². The molecule has 7 nitrogen and oxygen atoms in total. The van der Waals surface area contributed by atoms with Gasteiger partial charge in [0.15, 0.2) is 17.3 Å². The van der Waals surface area contributed by atoms with E-state index in [0.29, 0.717) is 12.8 Å². The van der Waals surface area contributed by atoms with Crippen LogP contribution in [0.1, 0.15) is 156 Å². The normalized spacial score (nSPS) is 17.4. The van der Waals surface area contributed by atoms with Crippen molar-refractivity contribution in [2.75, 3.05) is 6.61 Å². The van der Waals surface area contributed by atoms with Crippen LogP contribution >= 0.6 is 0 Å². The minimum atomic E-state index is -1.24. The fraction of sp³-hybridized carbons (Fsp3) is 0.889. The van der Waals surface area contributed by atoms with Gasteiger partial charge in [0.1, 0.15) is 18.3 Å². The van der Waals surface area contributed by atoms with Crippen molar-refractivity contribution in [3.05, 3.63) is 0 Å². The highest BCUT2D eigenvalue weighted by molar-refractivity contribution is 5.92. The number of carbonyl (C=O) groups is 4. The van der Waals surface area contributed by atoms with E-state index in [4.69, 9.17) is 9.47 Å². The third-order valence-corrected chi connectivity index (χ3v) is 10.1. The van der Waals surface area contributed by atoms with E-state index >= 15 is 0 Å². The molecule has 0 aromatic carbocycles. The topological polar surface area (TPSA) is 98.8 Å². The van der Waals surface area contributed by atoms with Crippen LogP contribution in [0.25, 0.3) is 0 Å². The van der Waals surface area contributed by atoms with Crippen LogP contribution in [0.15, 0.2) is 0 Å². The lowest BCUT2D eigenvalue weighted by molar-refractivity contribution is -0.179. The molecule has 0 aromatic heterocycles. The second kappa shape index (κ2) is 15.6. The fourth-order valence-electron chi connectivity index (χ4n) is 6.03. The van der Waals surface area contributed by atoms with Gasteiger partial charge in [0.25, 0.3) is 0 Å². The zero-order chi connectivity index (χ0) is 34.2. The highest BCUT2D eigenvalue weighted by Crippen LogP contribution is 2.40. The molecule has 0 saturated carbocycles. The SMILES string of the molecule is CCCCC(C)(CC)C(=O)NC(C)(C)CC(C)(C)C(=O)C(C)(C)OCC(=O)C(C)(C)C(C)(CC)OC(C)C(=O)C(C)CC. The molecule has 43 heavy (non-hydrogen) atoms. The number of hydrogen-bond acceptors (Lipinski definition) is 6. The summed E-state index contributed by atoms with van der Waals surface area (Å²) in [6.45, 7) is 30.0. The molecule has 0 aliphatic rings. The number of unbranched alkanes of at least 4 members (excludes halogenated alkanes) is 1. The highest BCUT2D eigenvalue weighted by atomic mass is 16.5. The van der Waals surface area contributed by atoms with Crippen LogP contribution in [-0.4, -0.2) is 52.7 Å². The van der Waals surface area contributed by atoms with Crippen LogP contribution in [0, 0.1) is 22.2 Å². The maximum Gasteiger partial charge on any atom is 0.226 e. The minimum Gasteiger partial charge on any atom is -0.364 e. The Balaban J connectivity index is 5.68. The van der Waals surface area contributed by atoms with E-state index in [9.17, 15) is 19.2 Å². The summed E-state index contributed by atoms with van der Waals surface area (Å²) >= 11 is 0. The third kappa shape index (κ3) is 10.8. The van der Waals surface area contributed by atoms with Crippen LogP contribution in [0.2, 0.25) is 0 Å². The van der Waals surface area contributed by atoms with Gasteiger partial charge in [-0.3, -0.25) is 19.2 Å². The molecule has 0 aliphatic heterocycles. The first-order valence-electron chi connectivity index (χ1n) is 16.6. The molecule has 0 spiro atoms.